The highest BCUT2D eigenvalue weighted by atomic mass is 31.2. The van der Waals surface area contributed by atoms with Crippen LogP contribution in [-0.4, -0.2) is 68.8 Å². The van der Waals surface area contributed by atoms with Gasteiger partial charge in [0.15, 0.2) is 0 Å². The molecule has 4 atom stereocenters. The molecule has 0 amide bonds. The zero-order valence-electron chi connectivity index (χ0n) is 16.7. The fourth-order valence-electron chi connectivity index (χ4n) is 2.68. The van der Waals surface area contributed by atoms with Gasteiger partial charge >= 0.3 is 6.16 Å². The Labute approximate surface area is 165 Å². The molecule has 1 heterocycles. The van der Waals surface area contributed by atoms with Gasteiger partial charge in [0.05, 0.1) is 12.7 Å². The van der Waals surface area contributed by atoms with Crippen LogP contribution in [0.5, 0.6) is 0 Å². The lowest BCUT2D eigenvalue weighted by Crippen LogP contribution is -2.36. The molecule has 0 N–H and O–H groups in total. The highest BCUT2D eigenvalue weighted by Gasteiger charge is 2.39. The maximum absolute atomic E-state index is 11.5. The van der Waals surface area contributed by atoms with Crippen LogP contribution >= 0.6 is 8.53 Å². The Morgan fingerprint density at radius 3 is 2.41 bits per heavy atom. The lowest BCUT2D eigenvalue weighted by Gasteiger charge is -2.37. The predicted octanol–water partition coefficient (Wildman–Crippen LogP) is 3.54. The van der Waals surface area contributed by atoms with Crippen LogP contribution in [0.25, 0.3) is 0 Å². The molecule has 7 nitrogen and oxygen atoms in total. The summed E-state index contributed by atoms with van der Waals surface area (Å²) in [6.45, 7) is 16.0. The van der Waals surface area contributed by atoms with Crippen LogP contribution in [0.15, 0.2) is 25.3 Å². The second kappa shape index (κ2) is 12.5. The average molecular weight is 399 g/mol. The van der Waals surface area contributed by atoms with Crippen molar-refractivity contribution in [1.82, 2.24) is 4.67 Å². The Morgan fingerprint density at radius 1 is 1.22 bits per heavy atom. The quantitative estimate of drug-likeness (QED) is 0.215. The molecule has 27 heavy (non-hydrogen) atoms. The monoisotopic (exact) mass is 399 g/mol. The van der Waals surface area contributed by atoms with Crippen LogP contribution in [0.1, 0.15) is 34.1 Å². The molecule has 0 aromatic carbocycles. The van der Waals surface area contributed by atoms with Gasteiger partial charge in [-0.2, -0.15) is 0 Å². The molecule has 0 aromatic rings. The number of hydrogen-bond donors (Lipinski definition) is 0. The first-order chi connectivity index (χ1) is 12.8. The largest absolute Gasteiger partial charge is 0.508 e. The topological polar surface area (TPSA) is 66.5 Å². The Morgan fingerprint density at radius 2 is 1.85 bits per heavy atom. The summed E-state index contributed by atoms with van der Waals surface area (Å²) in [4.78, 5) is 11.5. The van der Waals surface area contributed by atoms with Gasteiger partial charge < -0.3 is 23.3 Å². The summed E-state index contributed by atoms with van der Waals surface area (Å²) in [7, 11) is 4.56. The minimum absolute atomic E-state index is 0.0116. The van der Waals surface area contributed by atoms with Crippen molar-refractivity contribution in [2.24, 2.45) is 0 Å². The maximum Gasteiger partial charge on any atom is 0.508 e. The molecule has 0 spiro atoms. The van der Waals surface area contributed by atoms with Gasteiger partial charge in [-0.15, -0.1) is 6.58 Å². The van der Waals surface area contributed by atoms with E-state index in [0.717, 1.165) is 0 Å². The third kappa shape index (κ3) is 8.32. The number of hydrogen-bond acceptors (Lipinski definition) is 7. The molecule has 0 saturated carbocycles. The number of carbonyl (C=O) groups excluding carboxylic acids is 1. The second-order valence-electron chi connectivity index (χ2n) is 6.64. The van der Waals surface area contributed by atoms with Crippen LogP contribution in [0.3, 0.4) is 0 Å². The van der Waals surface area contributed by atoms with Crippen molar-refractivity contribution in [3.8, 4) is 0 Å². The van der Waals surface area contributed by atoms with Gasteiger partial charge in [-0.1, -0.05) is 18.7 Å². The standard InChI is InChI=1S/C18H31BNO6P/c1-7-9-22-18(21)23-12-16-15(11-17(19)25-16)26-27(24-10-8-2)20(13(3)4)14(5)6/h7-8,13-17H,1-2,9-12H2,3-6H3/t15-,16+,17+,27?/m0/s1. The first kappa shape index (κ1) is 24.1. The number of carbonyl (C=O) groups is 1. The van der Waals surface area contributed by atoms with Crippen molar-refractivity contribution in [2.75, 3.05) is 19.8 Å². The van der Waals surface area contributed by atoms with E-state index in [9.17, 15) is 4.79 Å². The molecule has 1 aliphatic rings. The maximum atomic E-state index is 11.5. The molecule has 152 valence electrons. The Kier molecular flexibility index (Phi) is 11.2. The average Bonchev–Trinajstić information content (AvgIpc) is 2.94. The summed E-state index contributed by atoms with van der Waals surface area (Å²) in [5, 5.41) is 0. The smallest absolute Gasteiger partial charge is 0.431 e. The van der Waals surface area contributed by atoms with E-state index in [2.05, 4.69) is 45.5 Å². The summed E-state index contributed by atoms with van der Waals surface area (Å²) in [6, 6.07) is -0.0448. The molecule has 1 fully saturated rings. The minimum Gasteiger partial charge on any atom is -0.431 e. The number of rotatable bonds is 12. The van der Waals surface area contributed by atoms with Crippen molar-refractivity contribution in [1.29, 1.82) is 0 Å². The van der Waals surface area contributed by atoms with Gasteiger partial charge in [0.25, 0.3) is 8.53 Å². The molecule has 1 rings (SSSR count). The van der Waals surface area contributed by atoms with Crippen molar-refractivity contribution in [3.63, 3.8) is 0 Å². The van der Waals surface area contributed by atoms with Gasteiger partial charge in [0, 0.05) is 18.1 Å². The third-order valence-electron chi connectivity index (χ3n) is 3.69. The molecule has 2 radical (unpaired) electrons. The van der Waals surface area contributed by atoms with E-state index in [1.54, 1.807) is 6.08 Å². The minimum atomic E-state index is -1.36. The van der Waals surface area contributed by atoms with Crippen LogP contribution in [0.2, 0.25) is 0 Å². The highest BCUT2D eigenvalue weighted by Crippen LogP contribution is 2.48. The van der Waals surface area contributed by atoms with Crippen molar-refractivity contribution in [2.45, 2.75) is 64.4 Å². The van der Waals surface area contributed by atoms with E-state index in [-0.39, 0.29) is 31.4 Å². The van der Waals surface area contributed by atoms with E-state index in [0.29, 0.717) is 13.0 Å². The number of nitrogens with zero attached hydrogens (tertiary/aromatic N) is 1. The zero-order valence-corrected chi connectivity index (χ0v) is 17.6. The Bertz CT molecular complexity index is 471. The molecule has 1 saturated heterocycles. The summed E-state index contributed by atoms with van der Waals surface area (Å²) < 4.78 is 29.9. The van der Waals surface area contributed by atoms with Crippen LogP contribution in [-0.2, 0) is 23.3 Å². The summed E-state index contributed by atoms with van der Waals surface area (Å²) in [6.07, 6.45) is 2.00. The van der Waals surface area contributed by atoms with Crippen molar-refractivity contribution >= 4 is 22.5 Å². The van der Waals surface area contributed by atoms with Gasteiger partial charge in [-0.3, -0.25) is 0 Å². The van der Waals surface area contributed by atoms with Crippen LogP contribution in [0.4, 0.5) is 4.79 Å². The molecule has 0 aromatic heterocycles. The molecule has 0 bridgehead atoms. The summed E-state index contributed by atoms with van der Waals surface area (Å²) in [5.74, 6) is 0. The van der Waals surface area contributed by atoms with Crippen molar-refractivity contribution in [3.05, 3.63) is 25.3 Å². The first-order valence-electron chi connectivity index (χ1n) is 9.10. The molecule has 0 aliphatic carbocycles. The molecular weight excluding hydrogens is 368 g/mol. The highest BCUT2D eigenvalue weighted by molar-refractivity contribution is 7.44. The van der Waals surface area contributed by atoms with E-state index >= 15 is 0 Å². The van der Waals surface area contributed by atoms with E-state index < -0.39 is 26.8 Å². The number of ether oxygens (including phenoxy) is 3. The normalized spacial score (nSPS) is 23.6. The summed E-state index contributed by atoms with van der Waals surface area (Å²) >= 11 is 0. The lowest BCUT2D eigenvalue weighted by molar-refractivity contribution is -0.0235. The molecule has 1 unspecified atom stereocenters. The van der Waals surface area contributed by atoms with E-state index in [1.165, 1.54) is 6.08 Å². The zero-order chi connectivity index (χ0) is 20.4. The first-order valence-corrected chi connectivity index (χ1v) is 10.2. The molecule has 1 aliphatic heterocycles. The van der Waals surface area contributed by atoms with Gasteiger partial charge in [0.2, 0.25) is 0 Å². The van der Waals surface area contributed by atoms with E-state index in [4.69, 9.17) is 31.1 Å². The molecule has 9 heteroatoms. The SMILES string of the molecule is [B][C@H]1C[C@H](OP(OCC=C)N(C(C)C)C(C)C)[C@@H](COC(=O)OCC=C)O1. The van der Waals surface area contributed by atoms with Gasteiger partial charge in [0.1, 0.15) is 27.2 Å². The fourth-order valence-corrected chi connectivity index (χ4v) is 4.43. The summed E-state index contributed by atoms with van der Waals surface area (Å²) in [5.41, 5.74) is 0. The Hall–Kier alpha value is -0.915. The van der Waals surface area contributed by atoms with Gasteiger partial charge in [-0.25, -0.2) is 9.46 Å². The lowest BCUT2D eigenvalue weighted by atomic mass is 9.96. The predicted molar refractivity (Wildman–Crippen MR) is 107 cm³/mol. The Balaban J connectivity index is 2.76. The molecular formula is C18H31BNO6P. The fraction of sp³-hybridized carbons (Fsp3) is 0.722. The van der Waals surface area contributed by atoms with E-state index in [1.807, 2.05) is 0 Å². The third-order valence-corrected chi connectivity index (χ3v) is 5.81. The van der Waals surface area contributed by atoms with Crippen LogP contribution < -0.4 is 0 Å². The van der Waals surface area contributed by atoms with Crippen LogP contribution in [0, 0.1) is 0 Å². The second-order valence-corrected chi connectivity index (χ2v) is 8.05. The van der Waals surface area contributed by atoms with Gasteiger partial charge in [-0.05, 0) is 34.1 Å². The van der Waals surface area contributed by atoms with Crippen molar-refractivity contribution < 1.29 is 28.1 Å².